The molecular formula is C12H15ClFNO2S. The number of alkyl halides is 1. The Balaban J connectivity index is 2.42. The van der Waals surface area contributed by atoms with Crippen molar-refractivity contribution in [1.82, 2.24) is 4.31 Å². The van der Waals surface area contributed by atoms with E-state index in [2.05, 4.69) is 0 Å². The van der Waals surface area contributed by atoms with Gasteiger partial charge in [-0.2, -0.15) is 4.31 Å². The van der Waals surface area contributed by atoms with Crippen molar-refractivity contribution in [2.75, 3.05) is 12.4 Å². The van der Waals surface area contributed by atoms with Gasteiger partial charge in [0.05, 0.1) is 4.90 Å². The third-order valence-corrected chi connectivity index (χ3v) is 5.69. The summed E-state index contributed by atoms with van der Waals surface area (Å²) in [7, 11) is -3.57. The highest BCUT2D eigenvalue weighted by Gasteiger charge is 2.35. The monoisotopic (exact) mass is 291 g/mol. The molecule has 100 valence electrons. The highest BCUT2D eigenvalue weighted by molar-refractivity contribution is 7.89. The Morgan fingerprint density at radius 1 is 1.50 bits per heavy atom. The molecule has 0 aliphatic carbocycles. The van der Waals surface area contributed by atoms with Crippen molar-refractivity contribution >= 4 is 21.6 Å². The average molecular weight is 292 g/mol. The molecule has 1 heterocycles. The lowest BCUT2D eigenvalue weighted by atomic mass is 10.2. The van der Waals surface area contributed by atoms with Gasteiger partial charge >= 0.3 is 0 Å². The minimum atomic E-state index is -3.57. The standard InChI is InChI=1S/C12H15ClFNO2S/c1-9-7-10(14)4-5-12(9)18(16,17)15-6-2-3-11(15)8-13/h4-5,7,11H,2-3,6,8H2,1H3. The van der Waals surface area contributed by atoms with Gasteiger partial charge < -0.3 is 0 Å². The Morgan fingerprint density at radius 3 is 2.83 bits per heavy atom. The summed E-state index contributed by atoms with van der Waals surface area (Å²) in [5.74, 6) is -0.138. The van der Waals surface area contributed by atoms with Gasteiger partial charge in [0.2, 0.25) is 10.0 Å². The molecule has 0 bridgehead atoms. The van der Waals surface area contributed by atoms with Gasteiger partial charge in [-0.15, -0.1) is 11.6 Å². The fourth-order valence-corrected chi connectivity index (χ4v) is 4.61. The van der Waals surface area contributed by atoms with Gasteiger partial charge in [-0.3, -0.25) is 0 Å². The number of rotatable bonds is 3. The fraction of sp³-hybridized carbons (Fsp3) is 0.500. The van der Waals surface area contributed by atoms with Crippen molar-refractivity contribution in [1.29, 1.82) is 0 Å². The maximum atomic E-state index is 13.0. The lowest BCUT2D eigenvalue weighted by Crippen LogP contribution is -2.36. The van der Waals surface area contributed by atoms with E-state index in [0.717, 1.165) is 12.8 Å². The van der Waals surface area contributed by atoms with E-state index >= 15 is 0 Å². The van der Waals surface area contributed by atoms with Crippen LogP contribution >= 0.6 is 11.6 Å². The van der Waals surface area contributed by atoms with E-state index in [4.69, 9.17) is 11.6 Å². The number of sulfonamides is 1. The van der Waals surface area contributed by atoms with Crippen LogP contribution in [0.1, 0.15) is 18.4 Å². The molecule has 18 heavy (non-hydrogen) atoms. The van der Waals surface area contributed by atoms with Crippen molar-refractivity contribution in [2.45, 2.75) is 30.7 Å². The first-order valence-corrected chi connectivity index (χ1v) is 7.78. The van der Waals surface area contributed by atoms with Crippen molar-refractivity contribution in [3.8, 4) is 0 Å². The van der Waals surface area contributed by atoms with Crippen LogP contribution in [0.4, 0.5) is 4.39 Å². The Morgan fingerprint density at radius 2 is 2.22 bits per heavy atom. The Bertz CT molecular complexity index is 547. The van der Waals surface area contributed by atoms with Crippen molar-refractivity contribution in [3.05, 3.63) is 29.6 Å². The van der Waals surface area contributed by atoms with Gasteiger partial charge in [0.25, 0.3) is 0 Å². The summed E-state index contributed by atoms with van der Waals surface area (Å²) in [6.45, 7) is 2.08. The molecule has 1 saturated heterocycles. The van der Waals surface area contributed by atoms with Crippen molar-refractivity contribution < 1.29 is 12.8 Å². The van der Waals surface area contributed by atoms with Crippen LogP contribution in [0.25, 0.3) is 0 Å². The zero-order chi connectivity index (χ0) is 13.3. The maximum Gasteiger partial charge on any atom is 0.243 e. The van der Waals surface area contributed by atoms with Gasteiger partial charge in [-0.25, -0.2) is 12.8 Å². The van der Waals surface area contributed by atoms with Crippen LogP contribution in [0, 0.1) is 12.7 Å². The minimum Gasteiger partial charge on any atom is -0.207 e. The molecule has 2 rings (SSSR count). The van der Waals surface area contributed by atoms with E-state index in [1.807, 2.05) is 0 Å². The Labute approximate surface area is 112 Å². The number of halogens is 2. The van der Waals surface area contributed by atoms with Gasteiger partial charge in [0.1, 0.15) is 5.82 Å². The minimum absolute atomic E-state index is 0.152. The molecule has 0 saturated carbocycles. The Hall–Kier alpha value is -0.650. The summed E-state index contributed by atoms with van der Waals surface area (Å²) < 4.78 is 39.4. The molecule has 1 atom stereocenters. The SMILES string of the molecule is Cc1cc(F)ccc1S(=O)(=O)N1CCCC1CCl. The van der Waals surface area contributed by atoms with E-state index in [1.165, 1.54) is 22.5 Å². The molecule has 0 radical (unpaired) electrons. The fourth-order valence-electron chi connectivity index (χ4n) is 2.31. The predicted octanol–water partition coefficient (Wildman–Crippen LogP) is 2.53. The first kappa shape index (κ1) is 13.8. The summed E-state index contributed by atoms with van der Waals surface area (Å²) in [6.07, 6.45) is 1.60. The van der Waals surface area contributed by atoms with Gasteiger partial charge in [0.15, 0.2) is 0 Å². The average Bonchev–Trinajstić information content (AvgIpc) is 2.76. The zero-order valence-electron chi connectivity index (χ0n) is 10.1. The number of hydrogen-bond acceptors (Lipinski definition) is 2. The molecule has 0 aromatic heterocycles. The van der Waals surface area contributed by atoms with Crippen LogP contribution in [0.3, 0.4) is 0 Å². The summed E-state index contributed by atoms with van der Waals surface area (Å²) >= 11 is 5.79. The van der Waals surface area contributed by atoms with Crippen LogP contribution in [-0.4, -0.2) is 31.2 Å². The molecule has 6 heteroatoms. The third-order valence-electron chi connectivity index (χ3n) is 3.22. The molecule has 1 aliphatic rings. The van der Waals surface area contributed by atoms with E-state index in [-0.39, 0.29) is 10.9 Å². The van der Waals surface area contributed by atoms with E-state index in [1.54, 1.807) is 6.92 Å². The van der Waals surface area contributed by atoms with Gasteiger partial charge in [0, 0.05) is 18.5 Å². The van der Waals surface area contributed by atoms with Crippen LogP contribution in [0.5, 0.6) is 0 Å². The normalized spacial score (nSPS) is 21.4. The smallest absolute Gasteiger partial charge is 0.207 e. The van der Waals surface area contributed by atoms with Crippen molar-refractivity contribution in [3.63, 3.8) is 0 Å². The lowest BCUT2D eigenvalue weighted by Gasteiger charge is -2.23. The number of benzene rings is 1. The van der Waals surface area contributed by atoms with Crippen LogP contribution in [0.15, 0.2) is 23.1 Å². The molecule has 1 aromatic rings. The molecule has 0 N–H and O–H groups in total. The summed E-state index contributed by atoms with van der Waals surface area (Å²) in [6, 6.07) is 3.58. The van der Waals surface area contributed by atoms with Crippen LogP contribution in [0.2, 0.25) is 0 Å². The summed E-state index contributed by atoms with van der Waals surface area (Å²) in [5.41, 5.74) is 0.426. The number of hydrogen-bond donors (Lipinski definition) is 0. The maximum absolute atomic E-state index is 13.0. The predicted molar refractivity (Wildman–Crippen MR) is 68.8 cm³/mol. The molecular weight excluding hydrogens is 277 g/mol. The van der Waals surface area contributed by atoms with E-state index in [0.29, 0.717) is 18.0 Å². The van der Waals surface area contributed by atoms with E-state index < -0.39 is 15.8 Å². The highest BCUT2D eigenvalue weighted by Crippen LogP contribution is 2.28. The quantitative estimate of drug-likeness (QED) is 0.803. The molecule has 3 nitrogen and oxygen atoms in total. The highest BCUT2D eigenvalue weighted by atomic mass is 35.5. The molecule has 1 unspecified atom stereocenters. The molecule has 1 aromatic carbocycles. The van der Waals surface area contributed by atoms with E-state index in [9.17, 15) is 12.8 Å². The molecule has 1 fully saturated rings. The van der Waals surface area contributed by atoms with Gasteiger partial charge in [-0.1, -0.05) is 0 Å². The molecule has 0 spiro atoms. The first-order chi connectivity index (χ1) is 8.46. The van der Waals surface area contributed by atoms with Gasteiger partial charge in [-0.05, 0) is 43.5 Å². The number of nitrogens with zero attached hydrogens (tertiary/aromatic N) is 1. The number of aryl methyl sites for hydroxylation is 1. The second kappa shape index (κ2) is 5.15. The zero-order valence-corrected chi connectivity index (χ0v) is 11.6. The largest absolute Gasteiger partial charge is 0.243 e. The molecule has 0 amide bonds. The van der Waals surface area contributed by atoms with Crippen LogP contribution < -0.4 is 0 Å². The lowest BCUT2D eigenvalue weighted by molar-refractivity contribution is 0.410. The second-order valence-corrected chi connectivity index (χ2v) is 6.64. The third kappa shape index (κ3) is 2.39. The van der Waals surface area contributed by atoms with Crippen LogP contribution in [-0.2, 0) is 10.0 Å². The summed E-state index contributed by atoms with van der Waals surface area (Å²) in [5, 5.41) is 0. The Kier molecular flexibility index (Phi) is 3.94. The second-order valence-electron chi connectivity index (χ2n) is 4.48. The first-order valence-electron chi connectivity index (χ1n) is 5.81. The topological polar surface area (TPSA) is 37.4 Å². The molecule has 1 aliphatic heterocycles. The van der Waals surface area contributed by atoms with Crippen molar-refractivity contribution in [2.24, 2.45) is 0 Å². The summed E-state index contributed by atoms with van der Waals surface area (Å²) in [4.78, 5) is 0.168.